The maximum absolute atomic E-state index is 6.19. The zero-order valence-corrected chi connectivity index (χ0v) is 11.9. The highest BCUT2D eigenvalue weighted by Crippen LogP contribution is 2.34. The highest BCUT2D eigenvalue weighted by atomic mass is 35.5. The highest BCUT2D eigenvalue weighted by Gasteiger charge is 2.25. The summed E-state index contributed by atoms with van der Waals surface area (Å²) in [6.07, 6.45) is 5.57. The van der Waals surface area contributed by atoms with Crippen molar-refractivity contribution in [2.75, 3.05) is 23.7 Å². The lowest BCUT2D eigenvalue weighted by Gasteiger charge is -2.33. The van der Waals surface area contributed by atoms with Crippen LogP contribution in [0.3, 0.4) is 0 Å². The van der Waals surface area contributed by atoms with Crippen molar-refractivity contribution in [1.29, 1.82) is 0 Å². The van der Waals surface area contributed by atoms with Gasteiger partial charge in [-0.2, -0.15) is 0 Å². The Morgan fingerprint density at radius 1 is 1.37 bits per heavy atom. The molecule has 0 aromatic carbocycles. The van der Waals surface area contributed by atoms with E-state index in [4.69, 9.17) is 17.3 Å². The Labute approximate surface area is 120 Å². The van der Waals surface area contributed by atoms with Crippen molar-refractivity contribution in [2.24, 2.45) is 0 Å². The monoisotopic (exact) mass is 295 g/mol. The fourth-order valence-corrected chi connectivity index (χ4v) is 3.39. The van der Waals surface area contributed by atoms with Crippen LogP contribution < -0.4 is 10.6 Å². The van der Waals surface area contributed by atoms with Gasteiger partial charge in [-0.1, -0.05) is 11.6 Å². The molecular weight excluding hydrogens is 282 g/mol. The third kappa shape index (κ3) is 2.50. The van der Waals surface area contributed by atoms with E-state index in [1.165, 1.54) is 11.3 Å². The first-order valence-corrected chi connectivity index (χ1v) is 7.42. The van der Waals surface area contributed by atoms with Gasteiger partial charge in [-0.15, -0.1) is 11.3 Å². The topological polar surface area (TPSA) is 67.9 Å². The number of anilines is 2. The van der Waals surface area contributed by atoms with Gasteiger partial charge in [-0.3, -0.25) is 0 Å². The zero-order valence-electron chi connectivity index (χ0n) is 10.3. The Hall–Kier alpha value is -1.40. The molecule has 1 saturated heterocycles. The second-order valence-electron chi connectivity index (χ2n) is 4.55. The molecule has 3 heterocycles. The molecule has 0 bridgehead atoms. The molecule has 0 radical (unpaired) electrons. The maximum Gasteiger partial charge on any atom is 0.153 e. The van der Waals surface area contributed by atoms with Crippen molar-refractivity contribution < 1.29 is 0 Å². The summed E-state index contributed by atoms with van der Waals surface area (Å²) in [5.41, 5.74) is 5.74. The average Bonchev–Trinajstić information content (AvgIpc) is 2.96. The highest BCUT2D eigenvalue weighted by molar-refractivity contribution is 7.09. The molecule has 1 fully saturated rings. The van der Waals surface area contributed by atoms with Crippen LogP contribution in [0.2, 0.25) is 5.02 Å². The number of nitrogens with two attached hydrogens (primary N) is 1. The molecule has 2 aromatic rings. The van der Waals surface area contributed by atoms with Gasteiger partial charge in [0.05, 0.1) is 5.01 Å². The standard InChI is InChI=1S/C12H14ClN5S/c13-9-10(14)16-7-17-11(9)18-4-1-2-8(6-18)12-15-3-5-19-12/h3,5,7-8H,1-2,4,6H2,(H2,14,16,17). The second-order valence-corrected chi connectivity index (χ2v) is 5.86. The van der Waals surface area contributed by atoms with Crippen LogP contribution >= 0.6 is 22.9 Å². The minimum atomic E-state index is 0.336. The van der Waals surface area contributed by atoms with Gasteiger partial charge in [0.2, 0.25) is 0 Å². The summed E-state index contributed by atoms with van der Waals surface area (Å²) in [5, 5.41) is 3.65. The van der Waals surface area contributed by atoms with Crippen LogP contribution in [0.5, 0.6) is 0 Å². The minimum absolute atomic E-state index is 0.336. The van der Waals surface area contributed by atoms with E-state index in [1.807, 2.05) is 11.6 Å². The summed E-state index contributed by atoms with van der Waals surface area (Å²) in [6, 6.07) is 0. The molecule has 0 aliphatic carbocycles. The molecule has 3 rings (SSSR count). The molecule has 19 heavy (non-hydrogen) atoms. The molecule has 1 aliphatic rings. The summed E-state index contributed by atoms with van der Waals surface area (Å²) in [7, 11) is 0. The van der Waals surface area contributed by atoms with Gasteiger partial charge in [0, 0.05) is 30.6 Å². The Morgan fingerprint density at radius 3 is 3.05 bits per heavy atom. The lowest BCUT2D eigenvalue weighted by molar-refractivity contribution is 0.505. The van der Waals surface area contributed by atoms with Crippen molar-refractivity contribution in [2.45, 2.75) is 18.8 Å². The number of thiazole rings is 1. The number of halogens is 1. The smallest absolute Gasteiger partial charge is 0.153 e. The van der Waals surface area contributed by atoms with Crippen LogP contribution in [0.25, 0.3) is 0 Å². The normalized spacial score (nSPS) is 19.6. The Morgan fingerprint density at radius 2 is 2.26 bits per heavy atom. The first kappa shape index (κ1) is 12.6. The van der Waals surface area contributed by atoms with E-state index >= 15 is 0 Å². The molecule has 100 valence electrons. The number of rotatable bonds is 2. The zero-order chi connectivity index (χ0) is 13.2. The van der Waals surface area contributed by atoms with Gasteiger partial charge >= 0.3 is 0 Å². The largest absolute Gasteiger partial charge is 0.382 e. The number of hydrogen-bond acceptors (Lipinski definition) is 6. The van der Waals surface area contributed by atoms with E-state index in [2.05, 4.69) is 19.9 Å². The van der Waals surface area contributed by atoms with Crippen LogP contribution in [0.1, 0.15) is 23.8 Å². The number of hydrogen-bond donors (Lipinski definition) is 1. The van der Waals surface area contributed by atoms with E-state index in [0.717, 1.165) is 31.7 Å². The molecule has 0 spiro atoms. The first-order valence-electron chi connectivity index (χ1n) is 6.16. The van der Waals surface area contributed by atoms with Crippen LogP contribution in [-0.2, 0) is 0 Å². The Kier molecular flexibility index (Phi) is 3.52. The fourth-order valence-electron chi connectivity index (χ4n) is 2.40. The minimum Gasteiger partial charge on any atom is -0.382 e. The van der Waals surface area contributed by atoms with E-state index in [9.17, 15) is 0 Å². The van der Waals surface area contributed by atoms with Gasteiger partial charge in [-0.25, -0.2) is 15.0 Å². The van der Waals surface area contributed by atoms with Crippen molar-refractivity contribution in [3.8, 4) is 0 Å². The Balaban J connectivity index is 1.84. The third-order valence-electron chi connectivity index (χ3n) is 3.32. The number of piperidine rings is 1. The van der Waals surface area contributed by atoms with Crippen LogP contribution in [0.15, 0.2) is 17.9 Å². The molecule has 7 heteroatoms. The summed E-state index contributed by atoms with van der Waals surface area (Å²) in [4.78, 5) is 14.8. The van der Waals surface area contributed by atoms with Gasteiger partial charge in [0.25, 0.3) is 0 Å². The predicted octanol–water partition coefficient (Wildman–Crippen LogP) is 2.55. The van der Waals surface area contributed by atoms with E-state index in [1.54, 1.807) is 11.3 Å². The van der Waals surface area contributed by atoms with Crippen molar-refractivity contribution in [1.82, 2.24) is 15.0 Å². The van der Waals surface area contributed by atoms with Crippen LogP contribution in [0.4, 0.5) is 11.6 Å². The van der Waals surface area contributed by atoms with Crippen molar-refractivity contribution in [3.63, 3.8) is 0 Å². The molecule has 5 nitrogen and oxygen atoms in total. The van der Waals surface area contributed by atoms with Gasteiger partial charge < -0.3 is 10.6 Å². The summed E-state index contributed by atoms with van der Waals surface area (Å²) in [6.45, 7) is 1.82. The van der Waals surface area contributed by atoms with Gasteiger partial charge in [0.15, 0.2) is 5.82 Å². The maximum atomic E-state index is 6.19. The molecule has 2 N–H and O–H groups in total. The van der Waals surface area contributed by atoms with E-state index < -0.39 is 0 Å². The molecular formula is C12H14ClN5S. The average molecular weight is 296 g/mol. The number of aromatic nitrogens is 3. The van der Waals surface area contributed by atoms with Crippen LogP contribution in [-0.4, -0.2) is 28.0 Å². The van der Waals surface area contributed by atoms with Crippen molar-refractivity contribution in [3.05, 3.63) is 27.9 Å². The summed E-state index contributed by atoms with van der Waals surface area (Å²) >= 11 is 7.90. The molecule has 1 unspecified atom stereocenters. The van der Waals surface area contributed by atoms with Crippen molar-refractivity contribution >= 4 is 34.6 Å². The van der Waals surface area contributed by atoms with E-state index in [0.29, 0.717) is 16.8 Å². The van der Waals surface area contributed by atoms with Crippen LogP contribution in [0, 0.1) is 0 Å². The molecule has 0 amide bonds. The Bertz CT molecular complexity index is 559. The van der Waals surface area contributed by atoms with E-state index in [-0.39, 0.29) is 0 Å². The summed E-state index contributed by atoms with van der Waals surface area (Å²) in [5.74, 6) is 1.51. The second kappa shape index (κ2) is 5.30. The number of nitrogens with zero attached hydrogens (tertiary/aromatic N) is 4. The first-order chi connectivity index (χ1) is 9.25. The molecule has 2 aromatic heterocycles. The third-order valence-corrected chi connectivity index (χ3v) is 4.62. The fraction of sp³-hybridized carbons (Fsp3) is 0.417. The molecule has 1 aliphatic heterocycles. The summed E-state index contributed by atoms with van der Waals surface area (Å²) < 4.78 is 0. The molecule has 0 saturated carbocycles. The lowest BCUT2D eigenvalue weighted by Crippen LogP contribution is -2.35. The lowest BCUT2D eigenvalue weighted by atomic mass is 9.99. The van der Waals surface area contributed by atoms with Gasteiger partial charge in [-0.05, 0) is 12.8 Å². The quantitative estimate of drug-likeness (QED) is 0.922. The predicted molar refractivity (Wildman–Crippen MR) is 77.8 cm³/mol. The SMILES string of the molecule is Nc1ncnc(N2CCCC(c3nccs3)C2)c1Cl. The van der Waals surface area contributed by atoms with Gasteiger partial charge in [0.1, 0.15) is 17.2 Å². The number of nitrogen functional groups attached to an aromatic ring is 1. The molecule has 1 atom stereocenters.